The lowest BCUT2D eigenvalue weighted by Gasteiger charge is -2.30. The van der Waals surface area contributed by atoms with Crippen molar-refractivity contribution in [3.8, 4) is 5.69 Å². The van der Waals surface area contributed by atoms with Crippen LogP contribution in [0.5, 0.6) is 0 Å². The van der Waals surface area contributed by atoms with Crippen LogP contribution >= 0.6 is 11.3 Å². The average Bonchev–Trinajstić information content (AvgIpc) is 3.42. The van der Waals surface area contributed by atoms with Gasteiger partial charge < -0.3 is 4.57 Å². The number of halogens is 1. The summed E-state index contributed by atoms with van der Waals surface area (Å²) in [5, 5.41) is 0. The molecule has 0 saturated carbocycles. The first-order valence-electron chi connectivity index (χ1n) is 13.1. The van der Waals surface area contributed by atoms with Crippen LogP contribution in [0.4, 0.5) is 4.39 Å². The van der Waals surface area contributed by atoms with E-state index in [1.54, 1.807) is 12.1 Å². The van der Waals surface area contributed by atoms with E-state index in [-0.39, 0.29) is 17.4 Å². The molecule has 0 fully saturated rings. The van der Waals surface area contributed by atoms with Crippen LogP contribution < -0.4 is 14.9 Å². The number of aryl methyl sites for hydroxylation is 2. The van der Waals surface area contributed by atoms with Gasteiger partial charge in [0.15, 0.2) is 4.80 Å². The number of nitrogens with zero attached hydrogens (tertiary/aromatic N) is 3. The molecule has 0 unspecified atom stereocenters. The molecule has 0 radical (unpaired) electrons. The van der Waals surface area contributed by atoms with Crippen molar-refractivity contribution < 1.29 is 4.39 Å². The number of para-hydroxylation sites is 1. The van der Waals surface area contributed by atoms with E-state index in [2.05, 4.69) is 54.8 Å². The summed E-state index contributed by atoms with van der Waals surface area (Å²) in [6.45, 7) is 4.17. The first-order chi connectivity index (χ1) is 19.0. The third kappa shape index (κ3) is 3.86. The van der Waals surface area contributed by atoms with Gasteiger partial charge in [-0.3, -0.25) is 9.36 Å². The maximum Gasteiger partial charge on any atom is 0.271 e. The van der Waals surface area contributed by atoms with Crippen LogP contribution in [0.25, 0.3) is 17.5 Å². The minimum absolute atomic E-state index is 0.0667. The van der Waals surface area contributed by atoms with Gasteiger partial charge in [-0.2, -0.15) is 0 Å². The Hall–Kier alpha value is -4.29. The van der Waals surface area contributed by atoms with Crippen molar-refractivity contribution in [1.29, 1.82) is 0 Å². The van der Waals surface area contributed by atoms with Gasteiger partial charge in [0.1, 0.15) is 5.82 Å². The standard InChI is InChI=1S/C33H26FN3OS/c1-20-18-24(21(2)36(20)26-9-4-3-5-10-26)19-29-32(38)37-31(23-12-15-25(34)16-13-23)28-17-14-22-8-6-7-11-27(22)30(28)35-33(37)39-29/h3-13,15-16,18-19,31H,14,17H2,1-2H3/b29-19+/t31-/m0/s1. The summed E-state index contributed by atoms with van der Waals surface area (Å²) in [4.78, 5) is 19.8. The van der Waals surface area contributed by atoms with E-state index < -0.39 is 0 Å². The summed E-state index contributed by atoms with van der Waals surface area (Å²) >= 11 is 1.42. The lowest BCUT2D eigenvalue weighted by Crippen LogP contribution is -2.38. The molecule has 7 rings (SSSR count). The van der Waals surface area contributed by atoms with Gasteiger partial charge in [-0.05, 0) is 85.4 Å². The zero-order chi connectivity index (χ0) is 26.7. The highest BCUT2D eigenvalue weighted by atomic mass is 32.1. The van der Waals surface area contributed by atoms with Gasteiger partial charge in [0.05, 0.1) is 16.3 Å². The second-order valence-corrected chi connectivity index (χ2v) is 11.2. The van der Waals surface area contributed by atoms with Crippen LogP contribution in [0.3, 0.4) is 0 Å². The quantitative estimate of drug-likeness (QED) is 0.287. The number of hydrogen-bond donors (Lipinski definition) is 0. The molecule has 0 saturated heterocycles. The van der Waals surface area contributed by atoms with Crippen LogP contribution in [0, 0.1) is 19.7 Å². The zero-order valence-electron chi connectivity index (χ0n) is 21.7. The van der Waals surface area contributed by atoms with Crippen molar-refractivity contribution in [1.82, 2.24) is 9.13 Å². The van der Waals surface area contributed by atoms with Gasteiger partial charge in [-0.25, -0.2) is 9.38 Å². The van der Waals surface area contributed by atoms with E-state index >= 15 is 0 Å². The molecule has 0 bridgehead atoms. The highest BCUT2D eigenvalue weighted by Crippen LogP contribution is 2.41. The second-order valence-electron chi connectivity index (χ2n) is 10.2. The number of allylic oxidation sites excluding steroid dienone is 1. The van der Waals surface area contributed by atoms with Crippen LogP contribution in [0.15, 0.2) is 100 Å². The molecule has 5 aromatic rings. The Bertz CT molecular complexity index is 1960. The number of hydrogen-bond acceptors (Lipinski definition) is 3. The monoisotopic (exact) mass is 531 g/mol. The number of benzene rings is 3. The fourth-order valence-corrected chi connectivity index (χ4v) is 7.01. The van der Waals surface area contributed by atoms with Gasteiger partial charge in [0, 0.05) is 22.6 Å². The average molecular weight is 532 g/mol. The minimum atomic E-state index is -0.316. The molecule has 6 heteroatoms. The largest absolute Gasteiger partial charge is 0.318 e. The van der Waals surface area contributed by atoms with E-state index in [4.69, 9.17) is 4.99 Å². The van der Waals surface area contributed by atoms with Crippen LogP contribution in [0.1, 0.15) is 46.1 Å². The second kappa shape index (κ2) is 9.17. The lowest BCUT2D eigenvalue weighted by atomic mass is 9.83. The molecule has 1 aliphatic heterocycles. The Morgan fingerprint density at radius 3 is 2.49 bits per heavy atom. The summed E-state index contributed by atoms with van der Waals surface area (Å²) in [6, 6.07) is 26.9. The molecule has 39 heavy (non-hydrogen) atoms. The molecule has 4 nitrogen and oxygen atoms in total. The molecule has 0 spiro atoms. The molecule has 1 aliphatic carbocycles. The van der Waals surface area contributed by atoms with Crippen LogP contribution in [0.2, 0.25) is 0 Å². The molecule has 192 valence electrons. The molecule has 3 heterocycles. The van der Waals surface area contributed by atoms with Gasteiger partial charge in [0.2, 0.25) is 0 Å². The van der Waals surface area contributed by atoms with E-state index in [0.717, 1.165) is 57.9 Å². The molecule has 1 atom stereocenters. The van der Waals surface area contributed by atoms with Crippen molar-refractivity contribution in [3.05, 3.63) is 150 Å². The SMILES string of the molecule is Cc1cc(/C=c2/sc3n(c2=O)[C@@H](c2ccc(F)cc2)C2=C(N=3)c3ccccc3CC2)c(C)n1-c1ccccc1. The van der Waals surface area contributed by atoms with E-state index in [9.17, 15) is 9.18 Å². The van der Waals surface area contributed by atoms with Crippen LogP contribution in [-0.2, 0) is 6.42 Å². The first-order valence-corrected chi connectivity index (χ1v) is 13.9. The lowest BCUT2D eigenvalue weighted by molar-refractivity contribution is 0.581. The maximum absolute atomic E-state index is 14.0. The summed E-state index contributed by atoms with van der Waals surface area (Å²) in [5.41, 5.74) is 9.56. The number of fused-ring (bicyclic) bond motifs is 3. The highest BCUT2D eigenvalue weighted by Gasteiger charge is 2.32. The Morgan fingerprint density at radius 2 is 1.69 bits per heavy atom. The molecule has 0 N–H and O–H groups in total. The summed E-state index contributed by atoms with van der Waals surface area (Å²) in [5.74, 6) is -0.289. The maximum atomic E-state index is 14.0. The third-order valence-electron chi connectivity index (χ3n) is 7.83. The van der Waals surface area contributed by atoms with Gasteiger partial charge in [-0.1, -0.05) is 65.9 Å². The Kier molecular flexibility index (Phi) is 5.60. The molecule has 0 amide bonds. The van der Waals surface area contributed by atoms with Crippen molar-refractivity contribution >= 4 is 23.1 Å². The number of rotatable bonds is 3. The fourth-order valence-electron chi connectivity index (χ4n) is 6.02. The molecular formula is C33H26FN3OS. The highest BCUT2D eigenvalue weighted by molar-refractivity contribution is 7.07. The topological polar surface area (TPSA) is 39.3 Å². The smallest absolute Gasteiger partial charge is 0.271 e. The third-order valence-corrected chi connectivity index (χ3v) is 8.81. The molecular weight excluding hydrogens is 505 g/mol. The number of thiazole rings is 1. The summed E-state index contributed by atoms with van der Waals surface area (Å²) in [6.07, 6.45) is 3.68. The molecule has 2 aliphatic rings. The van der Waals surface area contributed by atoms with E-state index in [0.29, 0.717) is 9.33 Å². The van der Waals surface area contributed by atoms with Crippen molar-refractivity contribution in [2.45, 2.75) is 32.7 Å². The Morgan fingerprint density at radius 1 is 0.949 bits per heavy atom. The first kappa shape index (κ1) is 23.8. The normalized spacial score (nSPS) is 16.5. The molecule has 2 aromatic heterocycles. The van der Waals surface area contributed by atoms with Crippen molar-refractivity contribution in [2.75, 3.05) is 0 Å². The van der Waals surface area contributed by atoms with Crippen molar-refractivity contribution in [2.24, 2.45) is 4.99 Å². The minimum Gasteiger partial charge on any atom is -0.318 e. The zero-order valence-corrected chi connectivity index (χ0v) is 22.5. The number of aromatic nitrogens is 2. The summed E-state index contributed by atoms with van der Waals surface area (Å²) in [7, 11) is 0. The predicted molar refractivity (Wildman–Crippen MR) is 154 cm³/mol. The van der Waals surface area contributed by atoms with Crippen LogP contribution in [-0.4, -0.2) is 9.13 Å². The Labute approximate surface area is 229 Å². The molecule has 3 aromatic carbocycles. The predicted octanol–water partition coefficient (Wildman–Crippen LogP) is 5.87. The fraction of sp³-hybridized carbons (Fsp3) is 0.152. The van der Waals surface area contributed by atoms with E-state index in [1.165, 1.54) is 29.0 Å². The Balaban J connectivity index is 1.45. The van der Waals surface area contributed by atoms with Gasteiger partial charge >= 0.3 is 0 Å². The van der Waals surface area contributed by atoms with E-state index in [1.807, 2.05) is 34.9 Å². The van der Waals surface area contributed by atoms with Gasteiger partial charge in [-0.15, -0.1) is 0 Å². The van der Waals surface area contributed by atoms with Crippen molar-refractivity contribution in [3.63, 3.8) is 0 Å². The summed E-state index contributed by atoms with van der Waals surface area (Å²) < 4.78 is 18.6. The van der Waals surface area contributed by atoms with Gasteiger partial charge in [0.25, 0.3) is 5.56 Å².